The van der Waals surface area contributed by atoms with E-state index in [4.69, 9.17) is 0 Å². The number of hydrogen-bond acceptors (Lipinski definition) is 4. The number of alkyl halides is 3. The fourth-order valence-electron chi connectivity index (χ4n) is 4.80. The molecule has 1 aliphatic carbocycles. The summed E-state index contributed by atoms with van der Waals surface area (Å²) in [4.78, 5) is 11.0. The van der Waals surface area contributed by atoms with Crippen molar-refractivity contribution >= 4 is 5.95 Å². The van der Waals surface area contributed by atoms with Gasteiger partial charge in [-0.3, -0.25) is 4.90 Å². The molecule has 2 aliphatic rings. The van der Waals surface area contributed by atoms with Gasteiger partial charge in [-0.15, -0.1) is 0 Å². The highest BCUT2D eigenvalue weighted by molar-refractivity contribution is 5.31. The number of aryl methyl sites for hydroxylation is 2. The summed E-state index contributed by atoms with van der Waals surface area (Å²) in [6.45, 7) is 6.00. The Balaban J connectivity index is 1.29. The van der Waals surface area contributed by atoms with Crippen LogP contribution >= 0.6 is 0 Å². The van der Waals surface area contributed by atoms with Crippen LogP contribution in [0.4, 0.5) is 23.5 Å². The zero-order valence-corrected chi connectivity index (χ0v) is 17.2. The monoisotopic (exact) mass is 422 g/mol. The number of piperidine rings is 1. The van der Waals surface area contributed by atoms with Crippen molar-refractivity contribution in [3.05, 3.63) is 52.6 Å². The van der Waals surface area contributed by atoms with Crippen molar-refractivity contribution in [1.29, 1.82) is 0 Å². The third-order valence-electron chi connectivity index (χ3n) is 6.33. The number of nitrogens with zero attached hydrogens (tertiary/aromatic N) is 3. The summed E-state index contributed by atoms with van der Waals surface area (Å²) in [5, 5.41) is 3.43. The summed E-state index contributed by atoms with van der Waals surface area (Å²) < 4.78 is 52.3. The molecule has 1 aliphatic heterocycles. The smallest absolute Gasteiger partial charge is 0.351 e. The minimum Gasteiger partial charge on any atom is -0.351 e. The second-order valence-electron chi connectivity index (χ2n) is 8.81. The molecular weight excluding hydrogens is 396 g/mol. The van der Waals surface area contributed by atoms with Gasteiger partial charge in [0.15, 0.2) is 0 Å². The average molecular weight is 422 g/mol. The molecule has 0 bridgehead atoms. The van der Waals surface area contributed by atoms with Gasteiger partial charge in [-0.1, -0.05) is 6.07 Å². The topological polar surface area (TPSA) is 41.1 Å². The van der Waals surface area contributed by atoms with Gasteiger partial charge in [0.1, 0.15) is 5.82 Å². The second-order valence-corrected chi connectivity index (χ2v) is 8.81. The van der Waals surface area contributed by atoms with Gasteiger partial charge in [0, 0.05) is 24.0 Å². The van der Waals surface area contributed by atoms with E-state index in [1.54, 1.807) is 0 Å². The molecule has 2 aromatic rings. The number of hydrogen-bond donors (Lipinski definition) is 1. The number of halogens is 4. The van der Waals surface area contributed by atoms with E-state index in [0.29, 0.717) is 29.5 Å². The van der Waals surface area contributed by atoms with Crippen molar-refractivity contribution in [3.63, 3.8) is 0 Å². The van der Waals surface area contributed by atoms with E-state index < -0.39 is 17.6 Å². The highest BCUT2D eigenvalue weighted by atomic mass is 19.4. The Kier molecular flexibility index (Phi) is 5.46. The molecule has 4 rings (SSSR count). The molecular formula is C22H26F4N4. The minimum atomic E-state index is -4.67. The van der Waals surface area contributed by atoms with Gasteiger partial charge in [-0.05, 0) is 81.8 Å². The van der Waals surface area contributed by atoms with Crippen molar-refractivity contribution in [2.45, 2.75) is 58.3 Å². The standard InChI is InChI=1S/C22H26F4N4/c1-14-9-15(2)28-20(27-14)29-17-11-21(12-17)5-7-30(8-6-21)13-16-3-4-19(23)18(10-16)22(24,25)26/h3-4,9-10,17H,5-8,11-13H2,1-2H3,(H,27,28,29). The third-order valence-corrected chi connectivity index (χ3v) is 6.33. The van der Waals surface area contributed by atoms with Crippen LogP contribution < -0.4 is 5.32 Å². The van der Waals surface area contributed by atoms with Crippen molar-refractivity contribution in [2.75, 3.05) is 18.4 Å². The lowest BCUT2D eigenvalue weighted by molar-refractivity contribution is -0.140. The Morgan fingerprint density at radius 1 is 1.07 bits per heavy atom. The maximum atomic E-state index is 13.5. The first-order chi connectivity index (χ1) is 14.1. The molecule has 30 heavy (non-hydrogen) atoms. The van der Waals surface area contributed by atoms with Crippen molar-refractivity contribution in [2.24, 2.45) is 5.41 Å². The predicted octanol–water partition coefficient (Wildman–Crippen LogP) is 5.11. The summed E-state index contributed by atoms with van der Waals surface area (Å²) in [5.74, 6) is -0.536. The van der Waals surface area contributed by atoms with Crippen LogP contribution in [0.3, 0.4) is 0 Å². The molecule has 1 aromatic heterocycles. The largest absolute Gasteiger partial charge is 0.419 e. The first kappa shape index (κ1) is 21.0. The number of anilines is 1. The minimum absolute atomic E-state index is 0.299. The number of nitrogens with one attached hydrogen (secondary N) is 1. The Morgan fingerprint density at radius 2 is 1.70 bits per heavy atom. The summed E-state index contributed by atoms with van der Waals surface area (Å²) >= 11 is 0. The van der Waals surface area contributed by atoms with Crippen LogP contribution in [0.25, 0.3) is 0 Å². The summed E-state index contributed by atoms with van der Waals surface area (Å²) in [7, 11) is 0. The Labute approximate surface area is 173 Å². The van der Waals surface area contributed by atoms with Gasteiger partial charge < -0.3 is 5.32 Å². The quantitative estimate of drug-likeness (QED) is 0.696. The van der Waals surface area contributed by atoms with Crippen molar-refractivity contribution < 1.29 is 17.6 Å². The number of likely N-dealkylation sites (tertiary alicyclic amines) is 1. The van der Waals surface area contributed by atoms with Gasteiger partial charge in [0.05, 0.1) is 5.56 Å². The summed E-state index contributed by atoms with van der Waals surface area (Å²) in [6, 6.07) is 5.61. The van der Waals surface area contributed by atoms with E-state index in [1.807, 2.05) is 19.9 Å². The summed E-state index contributed by atoms with van der Waals surface area (Å²) in [5.41, 5.74) is 1.51. The number of rotatable bonds is 4. The maximum Gasteiger partial charge on any atom is 0.419 e. The third kappa shape index (κ3) is 4.58. The second kappa shape index (κ2) is 7.80. The molecule has 1 saturated carbocycles. The molecule has 2 fully saturated rings. The molecule has 4 nitrogen and oxygen atoms in total. The summed E-state index contributed by atoms with van der Waals surface area (Å²) in [6.07, 6.45) is -0.504. The van der Waals surface area contributed by atoms with Crippen LogP contribution in [-0.4, -0.2) is 34.0 Å². The van der Waals surface area contributed by atoms with E-state index in [-0.39, 0.29) is 0 Å². The molecule has 1 aromatic carbocycles. The van der Waals surface area contributed by atoms with Crippen LogP contribution in [0.5, 0.6) is 0 Å². The fourth-order valence-corrected chi connectivity index (χ4v) is 4.80. The van der Waals surface area contributed by atoms with Crippen LogP contribution in [0, 0.1) is 25.1 Å². The molecule has 2 heterocycles. The van der Waals surface area contributed by atoms with E-state index in [0.717, 1.165) is 62.3 Å². The predicted molar refractivity (Wildman–Crippen MR) is 106 cm³/mol. The molecule has 162 valence electrons. The lowest BCUT2D eigenvalue weighted by Gasteiger charge is -2.52. The van der Waals surface area contributed by atoms with Crippen LogP contribution in [-0.2, 0) is 12.7 Å². The zero-order chi connectivity index (χ0) is 21.5. The first-order valence-corrected chi connectivity index (χ1v) is 10.3. The molecule has 0 unspecified atom stereocenters. The number of benzene rings is 1. The lowest BCUT2D eigenvalue weighted by Crippen LogP contribution is -2.51. The molecule has 0 atom stereocenters. The SMILES string of the molecule is Cc1cc(C)nc(NC2CC3(CCN(Cc4ccc(F)c(C(F)(F)F)c4)CC3)C2)n1. The van der Waals surface area contributed by atoms with Crippen molar-refractivity contribution in [3.8, 4) is 0 Å². The van der Waals surface area contributed by atoms with E-state index in [9.17, 15) is 17.6 Å². The van der Waals surface area contributed by atoms with E-state index in [1.165, 1.54) is 6.07 Å². The molecule has 8 heteroatoms. The highest BCUT2D eigenvalue weighted by Gasteiger charge is 2.46. The molecule has 1 saturated heterocycles. The Bertz CT molecular complexity index is 892. The zero-order valence-electron chi connectivity index (χ0n) is 17.2. The van der Waals surface area contributed by atoms with Gasteiger partial charge in [-0.2, -0.15) is 13.2 Å². The lowest BCUT2D eigenvalue weighted by atomic mass is 9.60. The van der Waals surface area contributed by atoms with Crippen LogP contribution in [0.1, 0.15) is 48.2 Å². The molecule has 0 radical (unpaired) electrons. The van der Waals surface area contributed by atoms with Gasteiger partial charge in [0.2, 0.25) is 5.95 Å². The normalized spacial score (nSPS) is 19.7. The van der Waals surface area contributed by atoms with E-state index >= 15 is 0 Å². The van der Waals surface area contributed by atoms with E-state index in [2.05, 4.69) is 20.2 Å². The van der Waals surface area contributed by atoms with Gasteiger partial charge >= 0.3 is 6.18 Å². The number of aromatic nitrogens is 2. The average Bonchev–Trinajstić information content (AvgIpc) is 2.62. The van der Waals surface area contributed by atoms with Gasteiger partial charge in [-0.25, -0.2) is 14.4 Å². The van der Waals surface area contributed by atoms with Crippen molar-refractivity contribution in [1.82, 2.24) is 14.9 Å². The highest BCUT2D eigenvalue weighted by Crippen LogP contribution is 2.50. The molecule has 1 N–H and O–H groups in total. The first-order valence-electron chi connectivity index (χ1n) is 10.3. The molecule has 1 spiro atoms. The fraction of sp³-hybridized carbons (Fsp3) is 0.545. The van der Waals surface area contributed by atoms with Crippen LogP contribution in [0.2, 0.25) is 0 Å². The molecule has 0 amide bonds. The Morgan fingerprint density at radius 3 is 2.30 bits per heavy atom. The maximum absolute atomic E-state index is 13.5. The Hall–Kier alpha value is -2.22. The van der Waals surface area contributed by atoms with Gasteiger partial charge in [0.25, 0.3) is 0 Å². The van der Waals surface area contributed by atoms with Crippen LogP contribution in [0.15, 0.2) is 24.3 Å².